The highest BCUT2D eigenvalue weighted by atomic mass is 16.4. The maximum Gasteiger partial charge on any atom is 0.300 e. The fourth-order valence-corrected chi connectivity index (χ4v) is 0.799. The van der Waals surface area contributed by atoms with Gasteiger partial charge in [0.05, 0.1) is 0 Å². The molecule has 0 fully saturated rings. The Balaban J connectivity index is 0.000000364. The molecule has 1 aromatic rings. The maximum atomic E-state index is 9.00. The molecule has 0 saturated carbocycles. The van der Waals surface area contributed by atoms with Crippen molar-refractivity contribution in [1.82, 2.24) is 10.3 Å². The maximum absolute atomic E-state index is 9.00. The number of likely N-dealkylation sites (N-methyl/N-ethyl adjacent to an activating group) is 1. The molecular formula is C10H16N2O2. The number of carboxylic acid groups (broad SMARTS) is 1. The van der Waals surface area contributed by atoms with E-state index in [9.17, 15) is 0 Å². The number of carboxylic acids is 1. The van der Waals surface area contributed by atoms with Crippen molar-refractivity contribution in [2.24, 2.45) is 0 Å². The van der Waals surface area contributed by atoms with Gasteiger partial charge in [0.15, 0.2) is 0 Å². The Labute approximate surface area is 84.0 Å². The van der Waals surface area contributed by atoms with E-state index in [-0.39, 0.29) is 0 Å². The highest BCUT2D eigenvalue weighted by Crippen LogP contribution is 1.92. The summed E-state index contributed by atoms with van der Waals surface area (Å²) in [5.41, 5.74) is 1.15. The smallest absolute Gasteiger partial charge is 0.300 e. The second-order valence-electron chi connectivity index (χ2n) is 2.69. The van der Waals surface area contributed by atoms with E-state index in [0.717, 1.165) is 25.6 Å². The van der Waals surface area contributed by atoms with E-state index in [0.29, 0.717) is 0 Å². The van der Waals surface area contributed by atoms with Gasteiger partial charge in [-0.25, -0.2) is 0 Å². The molecule has 0 aliphatic carbocycles. The highest BCUT2D eigenvalue weighted by molar-refractivity contribution is 5.62. The zero-order valence-electron chi connectivity index (χ0n) is 8.53. The molecule has 4 heteroatoms. The van der Waals surface area contributed by atoms with Gasteiger partial charge in [-0.15, -0.1) is 0 Å². The average molecular weight is 196 g/mol. The summed E-state index contributed by atoms with van der Waals surface area (Å²) in [4.78, 5) is 13.2. The van der Waals surface area contributed by atoms with E-state index in [1.807, 2.05) is 31.4 Å². The molecule has 0 atom stereocenters. The number of nitrogens with one attached hydrogen (secondary N) is 1. The summed E-state index contributed by atoms with van der Waals surface area (Å²) in [7, 11) is 1.95. The summed E-state index contributed by atoms with van der Waals surface area (Å²) in [6, 6.07) is 5.98. The van der Waals surface area contributed by atoms with Gasteiger partial charge in [-0.3, -0.25) is 9.78 Å². The molecule has 0 aliphatic rings. The van der Waals surface area contributed by atoms with E-state index in [1.165, 1.54) is 0 Å². The molecule has 1 heterocycles. The van der Waals surface area contributed by atoms with Gasteiger partial charge in [-0.1, -0.05) is 6.07 Å². The van der Waals surface area contributed by atoms with Gasteiger partial charge in [0.1, 0.15) is 0 Å². The SMILES string of the molecule is CC(=O)O.CNCCc1ccccn1. The molecule has 78 valence electrons. The van der Waals surface area contributed by atoms with Crippen LogP contribution in [0.3, 0.4) is 0 Å². The fraction of sp³-hybridized carbons (Fsp3) is 0.400. The molecule has 0 spiro atoms. The molecule has 0 aliphatic heterocycles. The van der Waals surface area contributed by atoms with Crippen molar-refractivity contribution in [3.63, 3.8) is 0 Å². The third-order valence-electron chi connectivity index (χ3n) is 1.36. The van der Waals surface area contributed by atoms with Crippen molar-refractivity contribution in [1.29, 1.82) is 0 Å². The van der Waals surface area contributed by atoms with Crippen LogP contribution in [0.1, 0.15) is 12.6 Å². The van der Waals surface area contributed by atoms with Crippen molar-refractivity contribution < 1.29 is 9.90 Å². The first-order valence-electron chi connectivity index (χ1n) is 4.41. The normalized spacial score (nSPS) is 8.71. The predicted octanol–water partition coefficient (Wildman–Crippen LogP) is 0.934. The Morgan fingerprint density at radius 3 is 2.64 bits per heavy atom. The predicted molar refractivity (Wildman–Crippen MR) is 55.2 cm³/mol. The van der Waals surface area contributed by atoms with Gasteiger partial charge < -0.3 is 10.4 Å². The van der Waals surface area contributed by atoms with Crippen LogP contribution in [0.5, 0.6) is 0 Å². The second-order valence-corrected chi connectivity index (χ2v) is 2.69. The second kappa shape index (κ2) is 8.19. The minimum Gasteiger partial charge on any atom is -0.481 e. The zero-order chi connectivity index (χ0) is 10.8. The number of rotatable bonds is 3. The lowest BCUT2D eigenvalue weighted by Crippen LogP contribution is -2.10. The summed E-state index contributed by atoms with van der Waals surface area (Å²) >= 11 is 0. The first-order valence-corrected chi connectivity index (χ1v) is 4.41. The molecule has 2 N–H and O–H groups in total. The number of nitrogens with zero attached hydrogens (tertiary/aromatic N) is 1. The van der Waals surface area contributed by atoms with Gasteiger partial charge >= 0.3 is 0 Å². The van der Waals surface area contributed by atoms with Crippen molar-refractivity contribution in [2.75, 3.05) is 13.6 Å². The molecule has 0 aromatic carbocycles. The van der Waals surface area contributed by atoms with Crippen molar-refractivity contribution >= 4 is 5.97 Å². The fourth-order valence-electron chi connectivity index (χ4n) is 0.799. The lowest BCUT2D eigenvalue weighted by Gasteiger charge is -1.96. The molecule has 4 nitrogen and oxygen atoms in total. The number of hydrogen-bond acceptors (Lipinski definition) is 3. The van der Waals surface area contributed by atoms with Crippen LogP contribution in [0.2, 0.25) is 0 Å². The molecule has 1 aromatic heterocycles. The Bertz CT molecular complexity index is 246. The summed E-state index contributed by atoms with van der Waals surface area (Å²) in [6.45, 7) is 2.08. The molecular weight excluding hydrogens is 180 g/mol. The zero-order valence-corrected chi connectivity index (χ0v) is 8.53. The number of aromatic nitrogens is 1. The van der Waals surface area contributed by atoms with Crippen molar-refractivity contribution in [3.05, 3.63) is 30.1 Å². The Kier molecular flexibility index (Phi) is 7.36. The van der Waals surface area contributed by atoms with Crippen LogP contribution in [0.15, 0.2) is 24.4 Å². The third-order valence-corrected chi connectivity index (χ3v) is 1.36. The first-order chi connectivity index (χ1) is 6.66. The third kappa shape index (κ3) is 8.67. The Morgan fingerprint density at radius 1 is 1.57 bits per heavy atom. The number of pyridine rings is 1. The quantitative estimate of drug-likeness (QED) is 0.755. The van der Waals surface area contributed by atoms with Crippen molar-refractivity contribution in [2.45, 2.75) is 13.3 Å². The van der Waals surface area contributed by atoms with Crippen LogP contribution in [-0.4, -0.2) is 29.7 Å². The van der Waals surface area contributed by atoms with Crippen LogP contribution in [0.25, 0.3) is 0 Å². The molecule has 0 bridgehead atoms. The number of aliphatic carboxylic acids is 1. The lowest BCUT2D eigenvalue weighted by atomic mass is 10.3. The lowest BCUT2D eigenvalue weighted by molar-refractivity contribution is -0.134. The molecule has 14 heavy (non-hydrogen) atoms. The van der Waals surface area contributed by atoms with E-state index < -0.39 is 5.97 Å². The van der Waals surface area contributed by atoms with Crippen molar-refractivity contribution in [3.8, 4) is 0 Å². The van der Waals surface area contributed by atoms with Gasteiger partial charge in [-0.05, 0) is 19.2 Å². The van der Waals surface area contributed by atoms with Crippen LogP contribution in [0.4, 0.5) is 0 Å². The highest BCUT2D eigenvalue weighted by Gasteiger charge is 1.88. The van der Waals surface area contributed by atoms with Crippen LogP contribution >= 0.6 is 0 Å². The summed E-state index contributed by atoms with van der Waals surface area (Å²) in [5, 5.41) is 10.5. The monoisotopic (exact) mass is 196 g/mol. The Morgan fingerprint density at radius 2 is 2.21 bits per heavy atom. The summed E-state index contributed by atoms with van der Waals surface area (Å²) in [6.07, 6.45) is 2.84. The number of hydrogen-bond donors (Lipinski definition) is 2. The van der Waals surface area contributed by atoms with Crippen LogP contribution < -0.4 is 5.32 Å². The molecule has 0 unspecified atom stereocenters. The molecule has 0 amide bonds. The van der Waals surface area contributed by atoms with Gasteiger partial charge in [0, 0.05) is 31.8 Å². The largest absolute Gasteiger partial charge is 0.481 e. The van der Waals surface area contributed by atoms with E-state index in [2.05, 4.69) is 10.3 Å². The van der Waals surface area contributed by atoms with Gasteiger partial charge in [-0.2, -0.15) is 0 Å². The van der Waals surface area contributed by atoms with Gasteiger partial charge in [0.25, 0.3) is 5.97 Å². The minimum absolute atomic E-state index is 0.833. The molecule has 0 saturated heterocycles. The summed E-state index contributed by atoms with van der Waals surface area (Å²) < 4.78 is 0. The molecule has 1 rings (SSSR count). The average Bonchev–Trinajstić information content (AvgIpc) is 2.15. The van der Waals surface area contributed by atoms with Gasteiger partial charge in [0.2, 0.25) is 0 Å². The van der Waals surface area contributed by atoms with E-state index in [1.54, 1.807) is 0 Å². The first kappa shape index (κ1) is 12.6. The minimum atomic E-state index is -0.833. The standard InChI is InChI=1S/C8H12N2.C2H4O2/c1-9-7-5-8-4-2-3-6-10-8;1-2(3)4/h2-4,6,9H,5,7H2,1H3;1H3,(H,3,4). The molecule has 0 radical (unpaired) electrons. The Hall–Kier alpha value is -1.42. The van der Waals surface area contributed by atoms with E-state index >= 15 is 0 Å². The number of carbonyl (C=O) groups is 1. The summed E-state index contributed by atoms with van der Waals surface area (Å²) in [5.74, 6) is -0.833. The van der Waals surface area contributed by atoms with E-state index in [4.69, 9.17) is 9.90 Å². The topological polar surface area (TPSA) is 62.2 Å². The van der Waals surface area contributed by atoms with Crippen LogP contribution in [0, 0.1) is 0 Å². The van der Waals surface area contributed by atoms with Crippen LogP contribution in [-0.2, 0) is 11.2 Å².